The highest BCUT2D eigenvalue weighted by molar-refractivity contribution is 7.16. The summed E-state index contributed by atoms with van der Waals surface area (Å²) in [6.07, 6.45) is 0.999. The molecule has 0 aliphatic carbocycles. The fourth-order valence-corrected chi connectivity index (χ4v) is 3.22. The van der Waals surface area contributed by atoms with Crippen molar-refractivity contribution in [3.05, 3.63) is 34.3 Å². The minimum Gasteiger partial charge on any atom is -0.490 e. The van der Waals surface area contributed by atoms with Gasteiger partial charge in [-0.1, -0.05) is 6.07 Å². The molecule has 0 fully saturated rings. The van der Waals surface area contributed by atoms with Crippen molar-refractivity contribution >= 4 is 28.3 Å². The zero-order valence-corrected chi connectivity index (χ0v) is 14.8. The van der Waals surface area contributed by atoms with Gasteiger partial charge in [0.2, 0.25) is 5.91 Å². The van der Waals surface area contributed by atoms with Crippen LogP contribution in [0.3, 0.4) is 0 Å². The Bertz CT molecular complexity index is 802. The first-order valence-electron chi connectivity index (χ1n) is 7.81. The lowest BCUT2D eigenvalue weighted by Gasteiger charge is -2.09. The molecule has 1 aromatic carbocycles. The molecule has 0 atom stereocenters. The van der Waals surface area contributed by atoms with Gasteiger partial charge in [-0.3, -0.25) is 4.79 Å². The van der Waals surface area contributed by atoms with Crippen LogP contribution in [-0.2, 0) is 16.0 Å². The molecule has 3 rings (SSSR count). The number of amides is 1. The lowest BCUT2D eigenvalue weighted by molar-refractivity contribution is -0.115. The molecular weight excluding hydrogens is 344 g/mol. The second kappa shape index (κ2) is 7.52. The number of benzene rings is 1. The molecular formula is C17H18N2O5S. The van der Waals surface area contributed by atoms with E-state index in [1.165, 1.54) is 18.4 Å². The van der Waals surface area contributed by atoms with Gasteiger partial charge in [-0.05, 0) is 24.6 Å². The number of hydrogen-bond acceptors (Lipinski definition) is 7. The summed E-state index contributed by atoms with van der Waals surface area (Å²) in [7, 11) is 1.30. The zero-order valence-electron chi connectivity index (χ0n) is 14.0. The number of nitrogens with zero attached hydrogens (tertiary/aromatic N) is 1. The second-order valence-corrected chi connectivity index (χ2v) is 6.68. The van der Waals surface area contributed by atoms with E-state index in [1.54, 1.807) is 6.92 Å². The molecule has 0 spiro atoms. The van der Waals surface area contributed by atoms with Gasteiger partial charge in [-0.25, -0.2) is 9.78 Å². The number of carbonyl (C=O) groups excluding carboxylic acids is 2. The maximum absolute atomic E-state index is 12.2. The first kappa shape index (κ1) is 17.2. The summed E-state index contributed by atoms with van der Waals surface area (Å²) in [5.74, 6) is 0.609. The van der Waals surface area contributed by atoms with Crippen molar-refractivity contribution in [3.8, 4) is 11.5 Å². The average Bonchev–Trinajstić information content (AvgIpc) is 2.81. The largest absolute Gasteiger partial charge is 0.490 e. The molecule has 1 aromatic heterocycles. The molecule has 7 nitrogen and oxygen atoms in total. The number of thiazole rings is 1. The topological polar surface area (TPSA) is 86.8 Å². The molecule has 1 amide bonds. The van der Waals surface area contributed by atoms with E-state index in [0.717, 1.165) is 12.0 Å². The van der Waals surface area contributed by atoms with Crippen molar-refractivity contribution in [2.45, 2.75) is 19.8 Å². The van der Waals surface area contributed by atoms with E-state index in [9.17, 15) is 9.59 Å². The maximum atomic E-state index is 12.2. The fourth-order valence-electron chi connectivity index (χ4n) is 2.40. The van der Waals surface area contributed by atoms with Gasteiger partial charge >= 0.3 is 5.97 Å². The highest BCUT2D eigenvalue weighted by atomic mass is 32.1. The van der Waals surface area contributed by atoms with Crippen LogP contribution in [-0.4, -0.2) is 37.2 Å². The Morgan fingerprint density at radius 3 is 2.80 bits per heavy atom. The number of carbonyl (C=O) groups is 2. The summed E-state index contributed by atoms with van der Waals surface area (Å²) in [5.41, 5.74) is 1.03. The first-order chi connectivity index (χ1) is 12.1. The van der Waals surface area contributed by atoms with Crippen LogP contribution < -0.4 is 14.8 Å². The maximum Gasteiger partial charge on any atom is 0.357 e. The van der Waals surface area contributed by atoms with E-state index in [4.69, 9.17) is 9.47 Å². The van der Waals surface area contributed by atoms with Crippen LogP contribution in [0.15, 0.2) is 18.2 Å². The number of nitrogens with one attached hydrogen (secondary N) is 1. The van der Waals surface area contributed by atoms with E-state index in [1.807, 2.05) is 18.2 Å². The fraction of sp³-hybridized carbons (Fsp3) is 0.353. The molecule has 8 heteroatoms. The Morgan fingerprint density at radius 1 is 1.28 bits per heavy atom. The summed E-state index contributed by atoms with van der Waals surface area (Å²) < 4.78 is 15.9. The van der Waals surface area contributed by atoms with Crippen LogP contribution in [0.4, 0.5) is 5.13 Å². The van der Waals surface area contributed by atoms with Gasteiger partial charge in [-0.15, -0.1) is 11.3 Å². The van der Waals surface area contributed by atoms with Gasteiger partial charge in [0.05, 0.1) is 26.7 Å². The number of ether oxygens (including phenoxy) is 3. The normalized spacial score (nSPS) is 13.0. The van der Waals surface area contributed by atoms with E-state index in [2.05, 4.69) is 15.0 Å². The summed E-state index contributed by atoms with van der Waals surface area (Å²) in [6, 6.07) is 5.46. The molecule has 0 saturated heterocycles. The van der Waals surface area contributed by atoms with E-state index in [-0.39, 0.29) is 18.0 Å². The number of fused-ring (bicyclic) bond motifs is 1. The van der Waals surface area contributed by atoms with Gasteiger partial charge in [0, 0.05) is 11.3 Å². The lowest BCUT2D eigenvalue weighted by Crippen LogP contribution is -2.14. The molecule has 0 radical (unpaired) electrons. The Hall–Kier alpha value is -2.61. The van der Waals surface area contributed by atoms with Crippen LogP contribution in [0.2, 0.25) is 0 Å². The minimum atomic E-state index is -0.517. The quantitative estimate of drug-likeness (QED) is 0.841. The Balaban J connectivity index is 1.67. The predicted molar refractivity (Wildman–Crippen MR) is 92.6 cm³/mol. The molecule has 1 aliphatic rings. The SMILES string of the molecule is COC(=O)c1nc(NC(=O)Cc2ccc3c(c2)OCCCO3)sc1C. The van der Waals surface area contributed by atoms with Crippen molar-refractivity contribution in [1.29, 1.82) is 0 Å². The smallest absolute Gasteiger partial charge is 0.357 e. The minimum absolute atomic E-state index is 0.169. The van der Waals surface area contributed by atoms with Crippen molar-refractivity contribution < 1.29 is 23.8 Å². The summed E-state index contributed by atoms with van der Waals surface area (Å²) >= 11 is 1.23. The van der Waals surface area contributed by atoms with Gasteiger partial charge in [-0.2, -0.15) is 0 Å². The highest BCUT2D eigenvalue weighted by Crippen LogP contribution is 2.30. The molecule has 2 heterocycles. The third kappa shape index (κ3) is 4.08. The molecule has 1 aliphatic heterocycles. The van der Waals surface area contributed by atoms with Crippen LogP contribution in [0.5, 0.6) is 11.5 Å². The van der Waals surface area contributed by atoms with Crippen LogP contribution in [0, 0.1) is 6.92 Å². The number of hydrogen-bond donors (Lipinski definition) is 1. The van der Waals surface area contributed by atoms with Gasteiger partial charge in [0.15, 0.2) is 22.3 Å². The number of rotatable bonds is 4. The zero-order chi connectivity index (χ0) is 17.8. The lowest BCUT2D eigenvalue weighted by atomic mass is 10.1. The van der Waals surface area contributed by atoms with Crippen molar-refractivity contribution in [2.75, 3.05) is 25.6 Å². The number of esters is 1. The van der Waals surface area contributed by atoms with Crippen LogP contribution in [0.25, 0.3) is 0 Å². The van der Waals surface area contributed by atoms with Gasteiger partial charge < -0.3 is 19.5 Å². The molecule has 132 valence electrons. The number of methoxy groups -OCH3 is 1. The monoisotopic (exact) mass is 362 g/mol. The van der Waals surface area contributed by atoms with E-state index >= 15 is 0 Å². The van der Waals surface area contributed by atoms with Gasteiger partial charge in [0.25, 0.3) is 0 Å². The highest BCUT2D eigenvalue weighted by Gasteiger charge is 2.18. The standard InChI is InChI=1S/C17H18N2O5S/c1-10-15(16(21)22-2)19-17(25-10)18-14(20)9-11-4-5-12-13(8-11)24-7-3-6-23-12/h4-5,8H,3,6-7,9H2,1-2H3,(H,18,19,20). The van der Waals surface area contributed by atoms with Crippen molar-refractivity contribution in [2.24, 2.45) is 0 Å². The van der Waals surface area contributed by atoms with E-state index < -0.39 is 5.97 Å². The number of aromatic nitrogens is 1. The molecule has 2 aromatic rings. The van der Waals surface area contributed by atoms with Crippen molar-refractivity contribution in [1.82, 2.24) is 4.98 Å². The Labute approximate surface area is 148 Å². The van der Waals surface area contributed by atoms with E-state index in [0.29, 0.717) is 34.7 Å². The van der Waals surface area contributed by atoms with Crippen LogP contribution >= 0.6 is 11.3 Å². The molecule has 25 heavy (non-hydrogen) atoms. The Kier molecular flexibility index (Phi) is 5.18. The molecule has 0 saturated carbocycles. The number of anilines is 1. The van der Waals surface area contributed by atoms with Crippen molar-refractivity contribution in [3.63, 3.8) is 0 Å². The second-order valence-electron chi connectivity index (χ2n) is 5.47. The predicted octanol–water partition coefficient (Wildman–Crippen LogP) is 2.58. The van der Waals surface area contributed by atoms with Gasteiger partial charge in [0.1, 0.15) is 0 Å². The number of aryl methyl sites for hydroxylation is 1. The average molecular weight is 362 g/mol. The first-order valence-corrected chi connectivity index (χ1v) is 8.62. The molecule has 0 unspecified atom stereocenters. The van der Waals surface area contributed by atoms with Crippen LogP contribution in [0.1, 0.15) is 27.3 Å². The third-order valence-electron chi connectivity index (χ3n) is 3.60. The summed E-state index contributed by atoms with van der Waals surface area (Å²) in [4.78, 5) is 28.6. The molecule has 1 N–H and O–H groups in total. The Morgan fingerprint density at radius 2 is 2.04 bits per heavy atom. The summed E-state index contributed by atoms with van der Waals surface area (Å²) in [6.45, 7) is 2.97. The molecule has 0 bridgehead atoms. The summed E-state index contributed by atoms with van der Waals surface area (Å²) in [5, 5.41) is 3.08. The third-order valence-corrected chi connectivity index (χ3v) is 4.48.